The molecule has 0 spiro atoms. The molecule has 0 saturated carbocycles. The highest BCUT2D eigenvalue weighted by molar-refractivity contribution is 5.43. The quantitative estimate of drug-likeness (QED) is 0.869. The summed E-state index contributed by atoms with van der Waals surface area (Å²) in [5.74, 6) is 0.735. The molecule has 1 atom stereocenters. The molecule has 1 N–H and O–H groups in total. The number of hydrogen-bond acceptors (Lipinski definition) is 2. The fourth-order valence-corrected chi connectivity index (χ4v) is 2.52. The van der Waals surface area contributed by atoms with E-state index in [1.54, 1.807) is 13.2 Å². The second-order valence-corrected chi connectivity index (χ2v) is 4.60. The molecule has 17 heavy (non-hydrogen) atoms. The Hall–Kier alpha value is -1.09. The van der Waals surface area contributed by atoms with Gasteiger partial charge < -0.3 is 10.1 Å². The van der Waals surface area contributed by atoms with Crippen LogP contribution in [0.5, 0.6) is 5.75 Å². The molecule has 0 heterocycles. The molecule has 0 bridgehead atoms. The predicted octanol–water partition coefficient (Wildman–Crippen LogP) is 2.69. The van der Waals surface area contributed by atoms with Gasteiger partial charge in [-0.3, -0.25) is 0 Å². The van der Waals surface area contributed by atoms with Gasteiger partial charge in [0.15, 0.2) is 0 Å². The van der Waals surface area contributed by atoms with Crippen LogP contribution >= 0.6 is 0 Å². The lowest BCUT2D eigenvalue weighted by atomic mass is 9.87. The number of halogens is 1. The van der Waals surface area contributed by atoms with Crippen LogP contribution in [0.3, 0.4) is 0 Å². The summed E-state index contributed by atoms with van der Waals surface area (Å²) in [5.41, 5.74) is 1.89. The molecule has 0 aliphatic heterocycles. The lowest BCUT2D eigenvalue weighted by molar-refractivity contribution is 0.389. The lowest BCUT2D eigenvalue weighted by Gasteiger charge is -2.27. The van der Waals surface area contributed by atoms with Gasteiger partial charge in [0.25, 0.3) is 0 Å². The van der Waals surface area contributed by atoms with Crippen LogP contribution in [0.15, 0.2) is 12.1 Å². The van der Waals surface area contributed by atoms with Crippen molar-refractivity contribution in [1.82, 2.24) is 5.32 Å². The third kappa shape index (κ3) is 2.60. The molecule has 0 fully saturated rings. The van der Waals surface area contributed by atoms with Gasteiger partial charge in [0.2, 0.25) is 0 Å². The van der Waals surface area contributed by atoms with Crippen LogP contribution in [0.2, 0.25) is 0 Å². The number of benzene rings is 1. The van der Waals surface area contributed by atoms with E-state index in [0.29, 0.717) is 6.04 Å². The van der Waals surface area contributed by atoms with E-state index in [0.717, 1.165) is 49.1 Å². The molecule has 1 aromatic rings. The van der Waals surface area contributed by atoms with E-state index in [-0.39, 0.29) is 5.82 Å². The second kappa shape index (κ2) is 5.50. The van der Waals surface area contributed by atoms with Gasteiger partial charge in [-0.1, -0.05) is 6.92 Å². The summed E-state index contributed by atoms with van der Waals surface area (Å²) < 4.78 is 19.0. The summed E-state index contributed by atoms with van der Waals surface area (Å²) in [6.45, 7) is 3.18. The highest BCUT2D eigenvalue weighted by atomic mass is 19.1. The molecule has 94 valence electrons. The van der Waals surface area contributed by atoms with Crippen LogP contribution in [0.1, 0.15) is 30.9 Å². The smallest absolute Gasteiger partial charge is 0.126 e. The Labute approximate surface area is 102 Å². The zero-order valence-corrected chi connectivity index (χ0v) is 10.6. The number of hydrogen-bond donors (Lipinski definition) is 1. The van der Waals surface area contributed by atoms with Crippen molar-refractivity contribution in [2.75, 3.05) is 13.7 Å². The minimum Gasteiger partial charge on any atom is -0.496 e. The summed E-state index contributed by atoms with van der Waals surface area (Å²) in [6, 6.07) is 3.70. The number of nitrogens with one attached hydrogen (secondary N) is 1. The van der Waals surface area contributed by atoms with Gasteiger partial charge in [0.05, 0.1) is 7.11 Å². The minimum absolute atomic E-state index is 0.0882. The largest absolute Gasteiger partial charge is 0.496 e. The van der Waals surface area contributed by atoms with Gasteiger partial charge in [0.1, 0.15) is 11.6 Å². The van der Waals surface area contributed by atoms with Gasteiger partial charge in [-0.05, 0) is 49.9 Å². The molecule has 1 unspecified atom stereocenters. The molecule has 0 saturated heterocycles. The number of fused-ring (bicyclic) bond motifs is 1. The molecule has 0 amide bonds. The number of methoxy groups -OCH3 is 1. The first-order valence-corrected chi connectivity index (χ1v) is 6.33. The van der Waals surface area contributed by atoms with E-state index in [1.165, 1.54) is 6.07 Å². The summed E-state index contributed by atoms with van der Waals surface area (Å²) in [4.78, 5) is 0. The van der Waals surface area contributed by atoms with Crippen molar-refractivity contribution < 1.29 is 9.13 Å². The Morgan fingerprint density at radius 3 is 2.94 bits per heavy atom. The maximum atomic E-state index is 13.7. The topological polar surface area (TPSA) is 21.3 Å². The fraction of sp³-hybridized carbons (Fsp3) is 0.571. The minimum atomic E-state index is -0.0882. The highest BCUT2D eigenvalue weighted by Crippen LogP contribution is 2.31. The number of rotatable bonds is 4. The van der Waals surface area contributed by atoms with Crippen molar-refractivity contribution in [2.45, 2.75) is 38.6 Å². The Bertz CT molecular complexity index is 392. The first-order valence-electron chi connectivity index (χ1n) is 6.33. The Morgan fingerprint density at radius 1 is 1.41 bits per heavy atom. The van der Waals surface area contributed by atoms with E-state index >= 15 is 0 Å². The molecular formula is C14H20FNO. The van der Waals surface area contributed by atoms with Crippen LogP contribution in [0, 0.1) is 5.82 Å². The van der Waals surface area contributed by atoms with E-state index < -0.39 is 0 Å². The van der Waals surface area contributed by atoms with Gasteiger partial charge >= 0.3 is 0 Å². The van der Waals surface area contributed by atoms with Crippen molar-refractivity contribution >= 4 is 0 Å². The van der Waals surface area contributed by atoms with Crippen molar-refractivity contribution in [3.05, 3.63) is 29.1 Å². The predicted molar refractivity (Wildman–Crippen MR) is 67.1 cm³/mol. The van der Waals surface area contributed by atoms with E-state index in [2.05, 4.69) is 12.2 Å². The van der Waals surface area contributed by atoms with Crippen molar-refractivity contribution in [2.24, 2.45) is 0 Å². The van der Waals surface area contributed by atoms with Gasteiger partial charge in [-0.15, -0.1) is 0 Å². The summed E-state index contributed by atoms with van der Waals surface area (Å²) >= 11 is 0. The normalized spacial score (nSPS) is 18.9. The summed E-state index contributed by atoms with van der Waals surface area (Å²) in [5, 5.41) is 3.50. The average Bonchev–Trinajstić information content (AvgIpc) is 2.37. The van der Waals surface area contributed by atoms with Crippen molar-refractivity contribution in [3.63, 3.8) is 0 Å². The standard InChI is InChI=1S/C14H20FNO/c1-3-8-16-10-4-5-11-12(9-10)14(17-2)7-6-13(11)15/h6-7,10,16H,3-5,8-9H2,1-2H3. The fourth-order valence-electron chi connectivity index (χ4n) is 2.52. The van der Waals surface area contributed by atoms with Crippen LogP contribution in [0.4, 0.5) is 4.39 Å². The first kappa shape index (κ1) is 12.4. The zero-order valence-electron chi connectivity index (χ0n) is 10.6. The highest BCUT2D eigenvalue weighted by Gasteiger charge is 2.23. The SMILES string of the molecule is CCCNC1CCc2c(F)ccc(OC)c2C1. The molecule has 0 aromatic heterocycles. The summed E-state index contributed by atoms with van der Waals surface area (Å²) in [6.07, 6.45) is 3.82. The maximum Gasteiger partial charge on any atom is 0.126 e. The van der Waals surface area contributed by atoms with Gasteiger partial charge in [-0.25, -0.2) is 4.39 Å². The molecule has 0 radical (unpaired) electrons. The van der Waals surface area contributed by atoms with Gasteiger partial charge in [0, 0.05) is 11.6 Å². The summed E-state index contributed by atoms with van der Waals surface area (Å²) in [7, 11) is 1.65. The monoisotopic (exact) mass is 237 g/mol. The average molecular weight is 237 g/mol. The third-order valence-electron chi connectivity index (χ3n) is 3.43. The Balaban J connectivity index is 2.20. The van der Waals surface area contributed by atoms with Gasteiger partial charge in [-0.2, -0.15) is 0 Å². The molecule has 2 nitrogen and oxygen atoms in total. The van der Waals surface area contributed by atoms with Crippen LogP contribution in [-0.2, 0) is 12.8 Å². The zero-order chi connectivity index (χ0) is 12.3. The van der Waals surface area contributed by atoms with Crippen LogP contribution in [-0.4, -0.2) is 19.7 Å². The molecule has 1 aliphatic carbocycles. The molecule has 2 rings (SSSR count). The first-order chi connectivity index (χ1) is 8.26. The van der Waals surface area contributed by atoms with Crippen LogP contribution in [0.25, 0.3) is 0 Å². The maximum absolute atomic E-state index is 13.7. The molecule has 3 heteroatoms. The Kier molecular flexibility index (Phi) is 4.00. The molecule has 1 aromatic carbocycles. The van der Waals surface area contributed by atoms with Crippen LogP contribution < -0.4 is 10.1 Å². The second-order valence-electron chi connectivity index (χ2n) is 4.60. The van der Waals surface area contributed by atoms with E-state index in [1.807, 2.05) is 0 Å². The van der Waals surface area contributed by atoms with E-state index in [9.17, 15) is 4.39 Å². The molecular weight excluding hydrogens is 217 g/mol. The number of ether oxygens (including phenoxy) is 1. The van der Waals surface area contributed by atoms with Crippen molar-refractivity contribution in [3.8, 4) is 5.75 Å². The molecule has 1 aliphatic rings. The van der Waals surface area contributed by atoms with E-state index in [4.69, 9.17) is 4.74 Å². The van der Waals surface area contributed by atoms with Crippen molar-refractivity contribution in [1.29, 1.82) is 0 Å². The Morgan fingerprint density at radius 2 is 2.24 bits per heavy atom. The third-order valence-corrected chi connectivity index (χ3v) is 3.43. The lowest BCUT2D eigenvalue weighted by Crippen LogP contribution is -2.35.